The van der Waals surface area contributed by atoms with Gasteiger partial charge in [0.2, 0.25) is 0 Å². The maximum absolute atomic E-state index is 4.48. The summed E-state index contributed by atoms with van der Waals surface area (Å²) in [6.07, 6.45) is 10.9. The van der Waals surface area contributed by atoms with E-state index < -0.39 is 0 Å². The molecule has 1 fully saturated rings. The fourth-order valence-corrected chi connectivity index (χ4v) is 3.00. The summed E-state index contributed by atoms with van der Waals surface area (Å²) in [6.45, 7) is 2.24. The molecule has 1 aromatic heterocycles. The van der Waals surface area contributed by atoms with Crippen LogP contribution in [0.15, 0.2) is 42.7 Å². The maximum atomic E-state index is 4.48. The van der Waals surface area contributed by atoms with E-state index in [0.717, 1.165) is 5.69 Å². The highest BCUT2D eigenvalue weighted by Gasteiger charge is 2.17. The van der Waals surface area contributed by atoms with Crippen LogP contribution in [-0.2, 0) is 0 Å². The van der Waals surface area contributed by atoms with Crippen molar-refractivity contribution in [2.24, 2.45) is 0 Å². The van der Waals surface area contributed by atoms with Crippen molar-refractivity contribution in [3.05, 3.63) is 48.3 Å². The van der Waals surface area contributed by atoms with Crippen LogP contribution in [-0.4, -0.2) is 15.8 Å². The molecule has 0 aliphatic heterocycles. The lowest BCUT2D eigenvalue weighted by Gasteiger charge is -2.26. The van der Waals surface area contributed by atoms with E-state index in [9.17, 15) is 0 Å². The molecule has 1 aliphatic carbocycles. The van der Waals surface area contributed by atoms with Crippen molar-refractivity contribution in [1.82, 2.24) is 15.1 Å². The minimum atomic E-state index is 0.371. The lowest BCUT2D eigenvalue weighted by molar-refractivity contribution is 0.347. The summed E-state index contributed by atoms with van der Waals surface area (Å²) < 4.78 is 1.95. The molecule has 2 aromatic rings. The first kappa shape index (κ1) is 13.4. The quantitative estimate of drug-likeness (QED) is 0.913. The highest BCUT2D eigenvalue weighted by Crippen LogP contribution is 2.21. The van der Waals surface area contributed by atoms with Gasteiger partial charge in [-0.25, -0.2) is 4.68 Å². The van der Waals surface area contributed by atoms with Gasteiger partial charge in [0, 0.05) is 23.8 Å². The van der Waals surface area contributed by atoms with E-state index in [4.69, 9.17) is 0 Å². The summed E-state index contributed by atoms with van der Waals surface area (Å²) in [5, 5.41) is 8.22. The Kier molecular flexibility index (Phi) is 4.16. The molecule has 0 radical (unpaired) electrons. The fraction of sp³-hybridized carbons (Fsp3) is 0.471. The van der Waals surface area contributed by atoms with Gasteiger partial charge in [-0.15, -0.1) is 0 Å². The minimum absolute atomic E-state index is 0.371. The van der Waals surface area contributed by atoms with Gasteiger partial charge in [0.15, 0.2) is 0 Å². The maximum Gasteiger partial charge on any atom is 0.0645 e. The Bertz CT molecular complexity index is 526. The first-order valence-electron chi connectivity index (χ1n) is 7.69. The summed E-state index contributed by atoms with van der Waals surface area (Å²) >= 11 is 0. The van der Waals surface area contributed by atoms with Gasteiger partial charge >= 0.3 is 0 Å². The molecule has 1 aliphatic rings. The Morgan fingerprint density at radius 1 is 1.15 bits per heavy atom. The zero-order valence-corrected chi connectivity index (χ0v) is 12.1. The minimum Gasteiger partial charge on any atom is -0.307 e. The number of aromatic nitrogens is 2. The zero-order chi connectivity index (χ0) is 13.8. The predicted molar refractivity (Wildman–Crippen MR) is 82.0 cm³/mol. The largest absolute Gasteiger partial charge is 0.307 e. The van der Waals surface area contributed by atoms with Crippen molar-refractivity contribution < 1.29 is 0 Å². The lowest BCUT2D eigenvalue weighted by atomic mass is 9.94. The summed E-state index contributed by atoms with van der Waals surface area (Å²) in [4.78, 5) is 0. The second-order valence-electron chi connectivity index (χ2n) is 5.78. The van der Waals surface area contributed by atoms with Gasteiger partial charge in [-0.2, -0.15) is 5.10 Å². The molecule has 0 bridgehead atoms. The molecule has 1 aromatic carbocycles. The molecule has 0 saturated heterocycles. The van der Waals surface area contributed by atoms with Crippen molar-refractivity contribution in [3.8, 4) is 5.69 Å². The van der Waals surface area contributed by atoms with Crippen molar-refractivity contribution >= 4 is 0 Å². The number of hydrogen-bond acceptors (Lipinski definition) is 2. The monoisotopic (exact) mass is 269 g/mol. The molecule has 1 atom stereocenters. The molecular formula is C17H23N3. The van der Waals surface area contributed by atoms with Crippen LogP contribution in [0.1, 0.15) is 50.6 Å². The van der Waals surface area contributed by atoms with Crippen molar-refractivity contribution in [2.45, 2.75) is 51.1 Å². The Hall–Kier alpha value is -1.61. The number of nitrogens with zero attached hydrogens (tertiary/aromatic N) is 2. The number of benzene rings is 1. The number of nitrogens with one attached hydrogen (secondary N) is 1. The molecule has 0 amide bonds. The molecule has 1 N–H and O–H groups in total. The smallest absolute Gasteiger partial charge is 0.0645 e. The summed E-state index contributed by atoms with van der Waals surface area (Å²) in [5.74, 6) is 0. The molecule has 3 nitrogen and oxygen atoms in total. The topological polar surface area (TPSA) is 29.9 Å². The van der Waals surface area contributed by atoms with Gasteiger partial charge in [0.05, 0.1) is 11.9 Å². The second kappa shape index (κ2) is 6.23. The Morgan fingerprint density at radius 2 is 1.90 bits per heavy atom. The average Bonchev–Trinajstić information content (AvgIpc) is 2.99. The molecular weight excluding hydrogens is 246 g/mol. The SMILES string of the molecule is CC(NC1CCCCC1)c1cnn(-c2ccccc2)c1. The van der Waals surface area contributed by atoms with E-state index in [1.165, 1.54) is 37.7 Å². The van der Waals surface area contributed by atoms with E-state index >= 15 is 0 Å². The zero-order valence-electron chi connectivity index (χ0n) is 12.1. The summed E-state index contributed by atoms with van der Waals surface area (Å²) in [7, 11) is 0. The van der Waals surface area contributed by atoms with Gasteiger partial charge in [0.25, 0.3) is 0 Å². The number of para-hydroxylation sites is 1. The van der Waals surface area contributed by atoms with Crippen LogP contribution in [0.3, 0.4) is 0 Å². The van der Waals surface area contributed by atoms with Crippen molar-refractivity contribution in [3.63, 3.8) is 0 Å². The Balaban J connectivity index is 1.66. The van der Waals surface area contributed by atoms with Crippen LogP contribution in [0.4, 0.5) is 0 Å². The van der Waals surface area contributed by atoms with Crippen molar-refractivity contribution in [1.29, 1.82) is 0 Å². The van der Waals surface area contributed by atoms with Gasteiger partial charge in [-0.1, -0.05) is 37.5 Å². The van der Waals surface area contributed by atoms with Crippen LogP contribution in [0.5, 0.6) is 0 Å². The normalized spacial score (nSPS) is 18.1. The highest BCUT2D eigenvalue weighted by molar-refractivity contribution is 5.31. The third-order valence-electron chi connectivity index (χ3n) is 4.21. The third kappa shape index (κ3) is 3.10. The Labute approximate surface area is 121 Å². The lowest BCUT2D eigenvalue weighted by Crippen LogP contribution is -2.33. The fourth-order valence-electron chi connectivity index (χ4n) is 3.00. The van der Waals surface area contributed by atoms with E-state index in [1.54, 1.807) is 0 Å². The first-order valence-corrected chi connectivity index (χ1v) is 7.69. The Morgan fingerprint density at radius 3 is 2.65 bits per heavy atom. The first-order chi connectivity index (χ1) is 9.83. The molecule has 1 unspecified atom stereocenters. The van der Waals surface area contributed by atoms with Crippen LogP contribution in [0, 0.1) is 0 Å². The third-order valence-corrected chi connectivity index (χ3v) is 4.21. The van der Waals surface area contributed by atoms with Gasteiger partial charge in [-0.05, 0) is 31.9 Å². The van der Waals surface area contributed by atoms with Crippen LogP contribution in [0.2, 0.25) is 0 Å². The van der Waals surface area contributed by atoms with Crippen LogP contribution >= 0.6 is 0 Å². The van der Waals surface area contributed by atoms with Gasteiger partial charge in [-0.3, -0.25) is 0 Å². The molecule has 106 valence electrons. The van der Waals surface area contributed by atoms with E-state index in [-0.39, 0.29) is 0 Å². The molecule has 1 heterocycles. The van der Waals surface area contributed by atoms with Gasteiger partial charge in [0.1, 0.15) is 0 Å². The average molecular weight is 269 g/mol. The molecule has 20 heavy (non-hydrogen) atoms. The van der Waals surface area contributed by atoms with E-state index in [1.807, 2.05) is 29.1 Å². The highest BCUT2D eigenvalue weighted by atomic mass is 15.3. The van der Waals surface area contributed by atoms with E-state index in [2.05, 4.69) is 35.7 Å². The summed E-state index contributed by atoms with van der Waals surface area (Å²) in [6, 6.07) is 11.3. The predicted octanol–water partition coefficient (Wildman–Crippen LogP) is 3.86. The number of rotatable bonds is 4. The number of hydrogen-bond donors (Lipinski definition) is 1. The van der Waals surface area contributed by atoms with Gasteiger partial charge < -0.3 is 5.32 Å². The molecule has 1 saturated carbocycles. The van der Waals surface area contributed by atoms with Crippen LogP contribution < -0.4 is 5.32 Å². The van der Waals surface area contributed by atoms with Crippen LogP contribution in [0.25, 0.3) is 5.69 Å². The molecule has 3 heteroatoms. The van der Waals surface area contributed by atoms with E-state index in [0.29, 0.717) is 12.1 Å². The molecule has 0 spiro atoms. The second-order valence-corrected chi connectivity index (χ2v) is 5.78. The van der Waals surface area contributed by atoms with Crippen molar-refractivity contribution in [2.75, 3.05) is 0 Å². The summed E-state index contributed by atoms with van der Waals surface area (Å²) in [5.41, 5.74) is 2.38. The molecule has 3 rings (SSSR count). The standard InChI is InChI=1S/C17H23N3/c1-14(19-16-8-4-2-5-9-16)15-12-18-20(13-15)17-10-6-3-7-11-17/h3,6-7,10-14,16,19H,2,4-5,8-9H2,1H3.